The summed E-state index contributed by atoms with van der Waals surface area (Å²) in [4.78, 5) is 12.0. The van der Waals surface area contributed by atoms with Crippen molar-refractivity contribution in [1.29, 1.82) is 0 Å². The van der Waals surface area contributed by atoms with Crippen LogP contribution in [0.4, 0.5) is 0 Å². The van der Waals surface area contributed by atoms with Gasteiger partial charge in [-0.25, -0.2) is 0 Å². The maximum absolute atomic E-state index is 12.0. The van der Waals surface area contributed by atoms with Crippen LogP contribution in [-0.4, -0.2) is 7.11 Å². The van der Waals surface area contributed by atoms with Gasteiger partial charge < -0.3 is 9.15 Å². The van der Waals surface area contributed by atoms with Crippen molar-refractivity contribution in [3.8, 4) is 5.95 Å². The van der Waals surface area contributed by atoms with Crippen molar-refractivity contribution in [2.45, 2.75) is 65.7 Å². The van der Waals surface area contributed by atoms with E-state index < -0.39 is 0 Å². The lowest BCUT2D eigenvalue weighted by Crippen LogP contribution is -2.13. The summed E-state index contributed by atoms with van der Waals surface area (Å²) in [5, 5.41) is 0. The Morgan fingerprint density at radius 3 is 2.26 bits per heavy atom. The topological polar surface area (TPSA) is 39.4 Å². The van der Waals surface area contributed by atoms with Crippen molar-refractivity contribution < 1.29 is 9.15 Å². The molecule has 0 N–H and O–H groups in total. The molecular weight excluding hydrogens is 240 g/mol. The average Bonchev–Trinajstić information content (AvgIpc) is 2.42. The number of hydrogen-bond donors (Lipinski definition) is 0. The number of ether oxygens (including phenoxy) is 1. The largest absolute Gasteiger partial charge is 0.468 e. The first kappa shape index (κ1) is 15.8. The highest BCUT2D eigenvalue weighted by Gasteiger charge is 2.13. The molecule has 0 aliphatic rings. The summed E-state index contributed by atoms with van der Waals surface area (Å²) in [6, 6.07) is 0. The van der Waals surface area contributed by atoms with E-state index in [2.05, 4.69) is 6.92 Å². The Labute approximate surface area is 116 Å². The molecule has 0 unspecified atom stereocenters. The highest BCUT2D eigenvalue weighted by Crippen LogP contribution is 2.20. The minimum atomic E-state index is 0.0454. The van der Waals surface area contributed by atoms with E-state index >= 15 is 0 Å². The van der Waals surface area contributed by atoms with E-state index in [9.17, 15) is 4.79 Å². The van der Waals surface area contributed by atoms with Crippen LogP contribution in [0.2, 0.25) is 0 Å². The van der Waals surface area contributed by atoms with E-state index in [0.717, 1.165) is 24.2 Å². The third kappa shape index (κ3) is 4.41. The van der Waals surface area contributed by atoms with Gasteiger partial charge in [0.25, 0.3) is 5.95 Å². The monoisotopic (exact) mass is 266 g/mol. The summed E-state index contributed by atoms with van der Waals surface area (Å²) in [6.45, 7) is 5.80. The third-order valence-electron chi connectivity index (χ3n) is 3.56. The standard InChI is InChI=1S/C16H26O3/c1-5-6-7-8-9-10-11-14-12(2)15(17)13(3)16(18-4)19-14/h5-11H2,1-4H3. The van der Waals surface area contributed by atoms with Gasteiger partial charge in [-0.3, -0.25) is 4.79 Å². The average molecular weight is 266 g/mol. The number of rotatable bonds is 8. The molecule has 0 radical (unpaired) electrons. The zero-order valence-corrected chi connectivity index (χ0v) is 12.7. The zero-order valence-electron chi connectivity index (χ0n) is 12.7. The summed E-state index contributed by atoms with van der Waals surface area (Å²) in [5.41, 5.74) is 1.34. The van der Waals surface area contributed by atoms with Crippen LogP contribution >= 0.6 is 0 Å². The Morgan fingerprint density at radius 1 is 1.00 bits per heavy atom. The fourth-order valence-corrected chi connectivity index (χ4v) is 2.26. The predicted octanol–water partition coefficient (Wildman–Crippen LogP) is 4.17. The van der Waals surface area contributed by atoms with Crippen LogP contribution in [0.3, 0.4) is 0 Å². The number of aryl methyl sites for hydroxylation is 1. The molecule has 1 aromatic rings. The van der Waals surface area contributed by atoms with E-state index in [-0.39, 0.29) is 5.43 Å². The van der Waals surface area contributed by atoms with Gasteiger partial charge in [-0.15, -0.1) is 0 Å². The van der Waals surface area contributed by atoms with Gasteiger partial charge in [-0.05, 0) is 20.3 Å². The van der Waals surface area contributed by atoms with Crippen LogP contribution in [0.25, 0.3) is 0 Å². The van der Waals surface area contributed by atoms with Gasteiger partial charge in [0, 0.05) is 12.0 Å². The Hall–Kier alpha value is -1.25. The van der Waals surface area contributed by atoms with Gasteiger partial charge in [0.15, 0.2) is 5.43 Å². The Kier molecular flexibility index (Phi) is 6.68. The van der Waals surface area contributed by atoms with Gasteiger partial charge >= 0.3 is 0 Å². The first-order valence-corrected chi connectivity index (χ1v) is 7.29. The van der Waals surface area contributed by atoms with Crippen LogP contribution < -0.4 is 10.2 Å². The summed E-state index contributed by atoms with van der Waals surface area (Å²) < 4.78 is 10.8. The molecule has 0 aliphatic heterocycles. The zero-order chi connectivity index (χ0) is 14.3. The number of methoxy groups -OCH3 is 1. The summed E-state index contributed by atoms with van der Waals surface area (Å²) in [7, 11) is 1.54. The van der Waals surface area contributed by atoms with Gasteiger partial charge in [0.2, 0.25) is 0 Å². The lowest BCUT2D eigenvalue weighted by Gasteiger charge is -2.09. The smallest absolute Gasteiger partial charge is 0.291 e. The molecule has 0 atom stereocenters. The predicted molar refractivity (Wildman–Crippen MR) is 78.1 cm³/mol. The Morgan fingerprint density at radius 2 is 1.63 bits per heavy atom. The van der Waals surface area contributed by atoms with Gasteiger partial charge in [-0.1, -0.05) is 39.0 Å². The van der Waals surface area contributed by atoms with Crippen molar-refractivity contribution in [2.75, 3.05) is 7.11 Å². The molecule has 108 valence electrons. The molecular formula is C16H26O3. The molecule has 1 rings (SSSR count). The highest BCUT2D eigenvalue weighted by molar-refractivity contribution is 5.29. The number of unbranched alkanes of at least 4 members (excludes halogenated alkanes) is 5. The van der Waals surface area contributed by atoms with Crippen LogP contribution in [0, 0.1) is 13.8 Å². The molecule has 19 heavy (non-hydrogen) atoms. The van der Waals surface area contributed by atoms with E-state index in [1.54, 1.807) is 6.92 Å². The maximum atomic E-state index is 12.0. The Bertz CT molecular complexity index is 446. The SMILES string of the molecule is CCCCCCCCc1oc(OC)c(C)c(=O)c1C. The molecule has 3 nitrogen and oxygen atoms in total. The molecule has 0 fully saturated rings. The molecule has 0 spiro atoms. The van der Waals surface area contributed by atoms with Crippen molar-refractivity contribution in [1.82, 2.24) is 0 Å². The van der Waals surface area contributed by atoms with Crippen molar-refractivity contribution in [3.63, 3.8) is 0 Å². The highest BCUT2D eigenvalue weighted by atomic mass is 16.6. The van der Waals surface area contributed by atoms with E-state index in [4.69, 9.17) is 9.15 Å². The minimum Gasteiger partial charge on any atom is -0.468 e. The molecule has 0 saturated heterocycles. The fourth-order valence-electron chi connectivity index (χ4n) is 2.26. The summed E-state index contributed by atoms with van der Waals surface area (Å²) in [6.07, 6.45) is 8.23. The van der Waals surface area contributed by atoms with Crippen LogP contribution in [0.5, 0.6) is 5.95 Å². The fraction of sp³-hybridized carbons (Fsp3) is 0.688. The lowest BCUT2D eigenvalue weighted by molar-refractivity contribution is 0.277. The van der Waals surface area contributed by atoms with Gasteiger partial charge in [0.1, 0.15) is 5.76 Å². The van der Waals surface area contributed by atoms with Gasteiger partial charge in [-0.2, -0.15) is 0 Å². The van der Waals surface area contributed by atoms with E-state index in [1.807, 2.05) is 6.92 Å². The second-order valence-electron chi connectivity index (χ2n) is 5.11. The van der Waals surface area contributed by atoms with Crippen LogP contribution in [-0.2, 0) is 6.42 Å². The molecule has 0 amide bonds. The van der Waals surface area contributed by atoms with Crippen molar-refractivity contribution in [3.05, 3.63) is 27.1 Å². The van der Waals surface area contributed by atoms with E-state index in [0.29, 0.717) is 11.5 Å². The second kappa shape index (κ2) is 8.03. The van der Waals surface area contributed by atoms with Crippen molar-refractivity contribution in [2.24, 2.45) is 0 Å². The molecule has 0 aromatic carbocycles. The van der Waals surface area contributed by atoms with Gasteiger partial charge in [0.05, 0.1) is 12.7 Å². The number of hydrogen-bond acceptors (Lipinski definition) is 3. The normalized spacial score (nSPS) is 10.7. The molecule has 0 saturated carbocycles. The Balaban J connectivity index is 2.59. The second-order valence-corrected chi connectivity index (χ2v) is 5.11. The van der Waals surface area contributed by atoms with Crippen LogP contribution in [0.1, 0.15) is 62.3 Å². The quantitative estimate of drug-likeness (QED) is 0.663. The molecule has 0 aliphatic carbocycles. The summed E-state index contributed by atoms with van der Waals surface area (Å²) in [5.74, 6) is 1.14. The van der Waals surface area contributed by atoms with Crippen LogP contribution in [0.15, 0.2) is 9.21 Å². The molecule has 1 heterocycles. The first-order chi connectivity index (χ1) is 9.11. The first-order valence-electron chi connectivity index (χ1n) is 7.29. The lowest BCUT2D eigenvalue weighted by atomic mass is 10.1. The minimum absolute atomic E-state index is 0.0454. The molecule has 0 bridgehead atoms. The molecule has 1 aromatic heterocycles. The van der Waals surface area contributed by atoms with Crippen molar-refractivity contribution >= 4 is 0 Å². The maximum Gasteiger partial charge on any atom is 0.291 e. The summed E-state index contributed by atoms with van der Waals surface area (Å²) >= 11 is 0. The molecule has 3 heteroatoms. The van der Waals surface area contributed by atoms with E-state index in [1.165, 1.54) is 39.2 Å². The third-order valence-corrected chi connectivity index (χ3v) is 3.56.